The first-order valence-corrected chi connectivity index (χ1v) is 11.8. The van der Waals surface area contributed by atoms with Crippen LogP contribution in [-0.2, 0) is 14.8 Å². The summed E-state index contributed by atoms with van der Waals surface area (Å²) in [6.45, 7) is 7.15. The van der Waals surface area contributed by atoms with E-state index in [1.807, 2.05) is 0 Å². The Morgan fingerprint density at radius 1 is 1.46 bits per heavy atom. The molecule has 1 amide bonds. The Bertz CT molecular complexity index is 920. The normalized spacial score (nSPS) is 18.5. The summed E-state index contributed by atoms with van der Waals surface area (Å²) < 4.78 is 32.7. The molecule has 0 radical (unpaired) electrons. The number of thiophene rings is 1. The lowest BCUT2D eigenvalue weighted by molar-refractivity contribution is -0.126. The number of carbonyl (C=O) groups excluding carboxylic acids is 1. The number of rotatable bonds is 7. The standard InChI is InChI=1S/C18H26N4O4S2/c1-12(2)6-7-19-18(23)14-5-4-8-22(10-14)28(24,25)16-9-15(11-27-16)17-20-13(3)26-21-17/h9,11-12,14H,4-8,10H2,1-3H3,(H,19,23)/t14-/m0/s1. The summed E-state index contributed by atoms with van der Waals surface area (Å²) >= 11 is 1.13. The van der Waals surface area contributed by atoms with E-state index in [9.17, 15) is 13.2 Å². The number of sulfonamides is 1. The summed E-state index contributed by atoms with van der Waals surface area (Å²) in [5.74, 6) is 0.938. The van der Waals surface area contributed by atoms with Gasteiger partial charge < -0.3 is 9.84 Å². The van der Waals surface area contributed by atoms with Gasteiger partial charge in [0, 0.05) is 37.5 Å². The van der Waals surface area contributed by atoms with Crippen LogP contribution >= 0.6 is 11.3 Å². The molecular formula is C18H26N4O4S2. The number of nitrogens with one attached hydrogen (secondary N) is 1. The SMILES string of the molecule is Cc1nc(-c2csc(S(=O)(=O)N3CCC[C@H](C(=O)NCCC(C)C)C3)c2)no1. The molecule has 1 atom stereocenters. The van der Waals surface area contributed by atoms with Crippen molar-refractivity contribution in [2.45, 2.75) is 44.2 Å². The molecular weight excluding hydrogens is 400 g/mol. The van der Waals surface area contributed by atoms with Gasteiger partial charge in [-0.05, 0) is 31.2 Å². The third-order valence-corrected chi connectivity index (χ3v) is 8.01. The van der Waals surface area contributed by atoms with Crippen molar-refractivity contribution < 1.29 is 17.7 Å². The summed E-state index contributed by atoms with van der Waals surface area (Å²) in [5.41, 5.74) is 0.611. The molecule has 0 unspecified atom stereocenters. The maximum Gasteiger partial charge on any atom is 0.252 e. The zero-order valence-electron chi connectivity index (χ0n) is 16.3. The minimum Gasteiger partial charge on any atom is -0.356 e. The molecule has 0 aliphatic carbocycles. The van der Waals surface area contributed by atoms with Gasteiger partial charge in [-0.3, -0.25) is 4.79 Å². The van der Waals surface area contributed by atoms with Gasteiger partial charge in [0.1, 0.15) is 4.21 Å². The predicted molar refractivity (Wildman–Crippen MR) is 106 cm³/mol. The molecule has 28 heavy (non-hydrogen) atoms. The van der Waals surface area contributed by atoms with Gasteiger partial charge in [-0.25, -0.2) is 8.42 Å². The maximum atomic E-state index is 13.0. The third-order valence-electron chi connectivity index (χ3n) is 4.73. The fourth-order valence-electron chi connectivity index (χ4n) is 3.12. The number of aromatic nitrogens is 2. The number of amides is 1. The summed E-state index contributed by atoms with van der Waals surface area (Å²) in [4.78, 5) is 16.6. The van der Waals surface area contributed by atoms with Gasteiger partial charge >= 0.3 is 0 Å². The van der Waals surface area contributed by atoms with Crippen molar-refractivity contribution in [3.63, 3.8) is 0 Å². The highest BCUT2D eigenvalue weighted by atomic mass is 32.2. The molecule has 2 aromatic rings. The van der Waals surface area contributed by atoms with Crippen molar-refractivity contribution in [1.82, 2.24) is 19.8 Å². The van der Waals surface area contributed by atoms with Crippen molar-refractivity contribution in [1.29, 1.82) is 0 Å². The molecule has 0 aromatic carbocycles. The molecule has 1 aliphatic rings. The molecule has 0 bridgehead atoms. The van der Waals surface area contributed by atoms with Crippen LogP contribution in [0.2, 0.25) is 0 Å². The van der Waals surface area contributed by atoms with Crippen LogP contribution < -0.4 is 5.32 Å². The average molecular weight is 427 g/mol. The molecule has 1 aliphatic heterocycles. The van der Waals surface area contributed by atoms with E-state index in [2.05, 4.69) is 29.3 Å². The van der Waals surface area contributed by atoms with Crippen molar-refractivity contribution >= 4 is 27.3 Å². The Morgan fingerprint density at radius 2 is 2.25 bits per heavy atom. The Balaban J connectivity index is 1.68. The summed E-state index contributed by atoms with van der Waals surface area (Å²) in [6, 6.07) is 1.57. The van der Waals surface area contributed by atoms with Crippen molar-refractivity contribution in [3.8, 4) is 11.4 Å². The van der Waals surface area contributed by atoms with E-state index in [0.29, 0.717) is 49.1 Å². The van der Waals surface area contributed by atoms with Gasteiger partial charge in [0.05, 0.1) is 5.92 Å². The minimum absolute atomic E-state index is 0.0605. The van der Waals surface area contributed by atoms with Gasteiger partial charge in [-0.2, -0.15) is 9.29 Å². The van der Waals surface area contributed by atoms with Crippen LogP contribution in [0.4, 0.5) is 0 Å². The van der Waals surface area contributed by atoms with Crippen molar-refractivity contribution in [2.75, 3.05) is 19.6 Å². The van der Waals surface area contributed by atoms with E-state index in [-0.39, 0.29) is 22.6 Å². The van der Waals surface area contributed by atoms with Crippen LogP contribution in [0.5, 0.6) is 0 Å². The molecule has 2 aromatic heterocycles. The van der Waals surface area contributed by atoms with Crippen molar-refractivity contribution in [2.24, 2.45) is 11.8 Å². The highest BCUT2D eigenvalue weighted by molar-refractivity contribution is 7.91. The number of carbonyl (C=O) groups is 1. The van der Waals surface area contributed by atoms with Crippen molar-refractivity contribution in [3.05, 3.63) is 17.3 Å². The van der Waals surface area contributed by atoms with Crippen LogP contribution in [-0.4, -0.2) is 48.4 Å². The number of hydrogen-bond acceptors (Lipinski definition) is 7. The predicted octanol–water partition coefficient (Wildman–Crippen LogP) is 2.67. The first kappa shape index (κ1) is 20.9. The van der Waals surface area contributed by atoms with Crippen LogP contribution in [0, 0.1) is 18.8 Å². The second-order valence-corrected chi connectivity index (χ2v) is 10.5. The Hall–Kier alpha value is -1.78. The number of aryl methyl sites for hydroxylation is 1. The number of piperidine rings is 1. The molecule has 8 nitrogen and oxygen atoms in total. The molecule has 3 rings (SSSR count). The van der Waals surface area contributed by atoms with E-state index in [1.54, 1.807) is 18.4 Å². The van der Waals surface area contributed by atoms with Gasteiger partial charge in [0.25, 0.3) is 10.0 Å². The molecule has 10 heteroatoms. The zero-order chi connectivity index (χ0) is 20.3. The van der Waals surface area contributed by atoms with Gasteiger partial charge in [0.2, 0.25) is 17.6 Å². The van der Waals surface area contributed by atoms with E-state index in [1.165, 1.54) is 4.31 Å². The van der Waals surface area contributed by atoms with Gasteiger partial charge in [-0.15, -0.1) is 11.3 Å². The first-order valence-electron chi connectivity index (χ1n) is 9.44. The lowest BCUT2D eigenvalue weighted by Gasteiger charge is -2.30. The fraction of sp³-hybridized carbons (Fsp3) is 0.611. The largest absolute Gasteiger partial charge is 0.356 e. The molecule has 1 N–H and O–H groups in total. The van der Waals surface area contributed by atoms with E-state index >= 15 is 0 Å². The monoisotopic (exact) mass is 426 g/mol. The third kappa shape index (κ3) is 4.79. The smallest absolute Gasteiger partial charge is 0.252 e. The topological polar surface area (TPSA) is 105 Å². The number of hydrogen-bond donors (Lipinski definition) is 1. The average Bonchev–Trinajstić information content (AvgIpc) is 3.30. The Morgan fingerprint density at radius 3 is 2.93 bits per heavy atom. The van der Waals surface area contributed by atoms with E-state index in [0.717, 1.165) is 17.8 Å². The van der Waals surface area contributed by atoms with Crippen LogP contribution in [0.3, 0.4) is 0 Å². The summed E-state index contributed by atoms with van der Waals surface area (Å²) in [5, 5.41) is 8.47. The highest BCUT2D eigenvalue weighted by Gasteiger charge is 2.34. The van der Waals surface area contributed by atoms with Gasteiger partial charge in [0.15, 0.2) is 0 Å². The minimum atomic E-state index is -3.66. The molecule has 154 valence electrons. The lowest BCUT2D eigenvalue weighted by Crippen LogP contribution is -2.45. The number of nitrogens with zero attached hydrogens (tertiary/aromatic N) is 3. The molecule has 3 heterocycles. The van der Waals surface area contributed by atoms with Crippen LogP contribution in [0.25, 0.3) is 11.4 Å². The molecule has 0 spiro atoms. The molecule has 1 fully saturated rings. The maximum absolute atomic E-state index is 13.0. The highest BCUT2D eigenvalue weighted by Crippen LogP contribution is 2.31. The zero-order valence-corrected chi connectivity index (χ0v) is 18.0. The molecule has 0 saturated carbocycles. The lowest BCUT2D eigenvalue weighted by atomic mass is 9.98. The second kappa shape index (κ2) is 8.71. The summed E-state index contributed by atoms with van der Waals surface area (Å²) in [6.07, 6.45) is 2.29. The Kier molecular flexibility index (Phi) is 6.51. The first-order chi connectivity index (χ1) is 13.3. The van der Waals surface area contributed by atoms with Crippen LogP contribution in [0.1, 0.15) is 39.0 Å². The second-order valence-electron chi connectivity index (χ2n) is 7.47. The van der Waals surface area contributed by atoms with E-state index < -0.39 is 10.0 Å². The van der Waals surface area contributed by atoms with Crippen LogP contribution in [0.15, 0.2) is 20.2 Å². The quantitative estimate of drug-likeness (QED) is 0.730. The molecule has 1 saturated heterocycles. The fourth-order valence-corrected chi connectivity index (χ4v) is 5.95. The summed E-state index contributed by atoms with van der Waals surface area (Å²) in [7, 11) is -3.66. The van der Waals surface area contributed by atoms with E-state index in [4.69, 9.17) is 4.52 Å². The van der Waals surface area contributed by atoms with Gasteiger partial charge in [-0.1, -0.05) is 19.0 Å². The Labute approximate surface area is 169 Å².